The highest BCUT2D eigenvalue weighted by Gasteiger charge is 2.25. The molecule has 1 fully saturated rings. The fourth-order valence-electron chi connectivity index (χ4n) is 2.36. The number of morpholine rings is 1. The van der Waals surface area contributed by atoms with Crippen molar-refractivity contribution in [3.05, 3.63) is 28.3 Å². The molecular weight excluding hydrogens is 250 g/mol. The van der Waals surface area contributed by atoms with Gasteiger partial charge in [-0.25, -0.2) is 0 Å². The van der Waals surface area contributed by atoms with Gasteiger partial charge in [0.25, 0.3) is 0 Å². The second-order valence-electron chi connectivity index (χ2n) is 4.58. The molecule has 2 rings (SSSR count). The average molecular weight is 270 g/mol. The summed E-state index contributed by atoms with van der Waals surface area (Å²) in [7, 11) is 0. The molecule has 18 heavy (non-hydrogen) atoms. The van der Waals surface area contributed by atoms with Crippen LogP contribution in [0.3, 0.4) is 0 Å². The lowest BCUT2D eigenvalue weighted by atomic mass is 9.96. The first kappa shape index (κ1) is 13.7. The minimum atomic E-state index is 0.159. The number of nitrogens with one attached hydrogen (secondary N) is 1. The van der Waals surface area contributed by atoms with E-state index in [0.717, 1.165) is 18.9 Å². The largest absolute Gasteiger partial charge is 0.492 e. The Bertz CT molecular complexity index is 423. The Balaban J connectivity index is 2.30. The van der Waals surface area contributed by atoms with Gasteiger partial charge in [-0.05, 0) is 44.0 Å². The van der Waals surface area contributed by atoms with Gasteiger partial charge in [0.1, 0.15) is 5.75 Å². The van der Waals surface area contributed by atoms with Crippen molar-refractivity contribution in [2.45, 2.75) is 32.9 Å². The summed E-state index contributed by atoms with van der Waals surface area (Å²) in [5, 5.41) is 4.14. The van der Waals surface area contributed by atoms with E-state index in [2.05, 4.69) is 19.2 Å². The Morgan fingerprint density at radius 3 is 2.94 bits per heavy atom. The van der Waals surface area contributed by atoms with Gasteiger partial charge in [0.15, 0.2) is 0 Å². The van der Waals surface area contributed by atoms with Crippen LogP contribution in [0.2, 0.25) is 5.02 Å². The van der Waals surface area contributed by atoms with E-state index in [1.54, 1.807) is 0 Å². The second-order valence-corrected chi connectivity index (χ2v) is 4.99. The quantitative estimate of drug-likeness (QED) is 0.915. The molecule has 0 spiro atoms. The summed E-state index contributed by atoms with van der Waals surface area (Å²) in [6.07, 6.45) is 0.159. The highest BCUT2D eigenvalue weighted by Crippen LogP contribution is 2.33. The average Bonchev–Trinajstić information content (AvgIpc) is 2.35. The summed E-state index contributed by atoms with van der Waals surface area (Å²) >= 11 is 6.25. The topological polar surface area (TPSA) is 30.5 Å². The number of hydrogen-bond acceptors (Lipinski definition) is 3. The van der Waals surface area contributed by atoms with E-state index in [-0.39, 0.29) is 12.1 Å². The molecule has 1 saturated heterocycles. The maximum absolute atomic E-state index is 6.25. The van der Waals surface area contributed by atoms with E-state index in [9.17, 15) is 0 Å². The van der Waals surface area contributed by atoms with Gasteiger partial charge in [0.05, 0.1) is 30.4 Å². The maximum atomic E-state index is 6.25. The third kappa shape index (κ3) is 2.79. The van der Waals surface area contributed by atoms with Gasteiger partial charge < -0.3 is 14.8 Å². The molecule has 0 bridgehead atoms. The first-order chi connectivity index (χ1) is 8.63. The van der Waals surface area contributed by atoms with Crippen molar-refractivity contribution in [3.8, 4) is 5.75 Å². The number of halogens is 1. The van der Waals surface area contributed by atoms with E-state index in [4.69, 9.17) is 21.1 Å². The molecule has 4 heteroatoms. The van der Waals surface area contributed by atoms with Gasteiger partial charge in [-0.15, -0.1) is 0 Å². The van der Waals surface area contributed by atoms with E-state index in [1.165, 1.54) is 11.1 Å². The molecule has 0 aromatic heterocycles. The van der Waals surface area contributed by atoms with Crippen LogP contribution in [-0.4, -0.2) is 25.9 Å². The van der Waals surface area contributed by atoms with Crippen molar-refractivity contribution in [1.29, 1.82) is 0 Å². The molecule has 0 radical (unpaired) electrons. The van der Waals surface area contributed by atoms with Crippen molar-refractivity contribution in [1.82, 2.24) is 5.32 Å². The monoisotopic (exact) mass is 269 g/mol. The second kappa shape index (κ2) is 5.91. The van der Waals surface area contributed by atoms with Crippen LogP contribution in [0, 0.1) is 6.92 Å². The number of rotatable bonds is 3. The van der Waals surface area contributed by atoms with E-state index in [0.29, 0.717) is 11.6 Å². The van der Waals surface area contributed by atoms with Crippen LogP contribution in [0.25, 0.3) is 0 Å². The van der Waals surface area contributed by atoms with Gasteiger partial charge in [0.2, 0.25) is 0 Å². The first-order valence-corrected chi connectivity index (χ1v) is 6.79. The van der Waals surface area contributed by atoms with Crippen molar-refractivity contribution in [2.24, 2.45) is 0 Å². The first-order valence-electron chi connectivity index (χ1n) is 6.41. The zero-order chi connectivity index (χ0) is 13.1. The van der Waals surface area contributed by atoms with Crippen LogP contribution < -0.4 is 10.1 Å². The van der Waals surface area contributed by atoms with Gasteiger partial charge in [-0.1, -0.05) is 11.6 Å². The minimum Gasteiger partial charge on any atom is -0.492 e. The van der Waals surface area contributed by atoms with Crippen LogP contribution in [-0.2, 0) is 4.74 Å². The standard InChI is InChI=1S/C14H20ClNO2/c1-4-17-13-7-9(2)11(8-12(13)15)14-10(3)18-6-5-16-14/h7-8,10,14,16H,4-6H2,1-3H3. The molecule has 1 aromatic carbocycles. The summed E-state index contributed by atoms with van der Waals surface area (Å²) < 4.78 is 11.2. The zero-order valence-electron chi connectivity index (χ0n) is 11.1. The molecular formula is C14H20ClNO2. The lowest BCUT2D eigenvalue weighted by molar-refractivity contribution is 0.00738. The molecule has 1 heterocycles. The highest BCUT2D eigenvalue weighted by molar-refractivity contribution is 6.32. The predicted molar refractivity (Wildman–Crippen MR) is 73.5 cm³/mol. The lowest BCUT2D eigenvalue weighted by Crippen LogP contribution is -2.40. The number of hydrogen-bond donors (Lipinski definition) is 1. The van der Waals surface area contributed by atoms with Gasteiger partial charge >= 0.3 is 0 Å². The molecule has 0 aliphatic carbocycles. The van der Waals surface area contributed by atoms with Gasteiger partial charge in [0, 0.05) is 6.54 Å². The molecule has 0 saturated carbocycles. The molecule has 3 nitrogen and oxygen atoms in total. The van der Waals surface area contributed by atoms with Crippen LogP contribution in [0.4, 0.5) is 0 Å². The summed E-state index contributed by atoms with van der Waals surface area (Å²) in [4.78, 5) is 0. The Kier molecular flexibility index (Phi) is 4.49. The fraction of sp³-hybridized carbons (Fsp3) is 0.571. The maximum Gasteiger partial charge on any atom is 0.138 e. The molecule has 1 N–H and O–H groups in total. The highest BCUT2D eigenvalue weighted by atomic mass is 35.5. The molecule has 1 aliphatic rings. The predicted octanol–water partition coefficient (Wildman–Crippen LogP) is 3.10. The third-order valence-corrected chi connectivity index (χ3v) is 3.57. The zero-order valence-corrected chi connectivity index (χ0v) is 11.9. The fourth-order valence-corrected chi connectivity index (χ4v) is 2.58. The van der Waals surface area contributed by atoms with E-state index in [1.807, 2.05) is 19.1 Å². The normalized spacial score (nSPS) is 24.0. The van der Waals surface area contributed by atoms with E-state index < -0.39 is 0 Å². The number of benzene rings is 1. The third-order valence-electron chi connectivity index (χ3n) is 3.27. The van der Waals surface area contributed by atoms with Crippen LogP contribution >= 0.6 is 11.6 Å². The SMILES string of the molecule is CCOc1cc(C)c(C2NCCOC2C)cc1Cl. The van der Waals surface area contributed by atoms with E-state index >= 15 is 0 Å². The van der Waals surface area contributed by atoms with Crippen molar-refractivity contribution < 1.29 is 9.47 Å². The van der Waals surface area contributed by atoms with Gasteiger partial charge in [-0.2, -0.15) is 0 Å². The summed E-state index contributed by atoms with van der Waals surface area (Å²) in [5.41, 5.74) is 2.37. The van der Waals surface area contributed by atoms with Crippen LogP contribution in [0.15, 0.2) is 12.1 Å². The summed E-state index contributed by atoms with van der Waals surface area (Å²) in [5.74, 6) is 0.754. The van der Waals surface area contributed by atoms with Crippen molar-refractivity contribution in [3.63, 3.8) is 0 Å². The number of aryl methyl sites for hydroxylation is 1. The van der Waals surface area contributed by atoms with Crippen LogP contribution in [0.5, 0.6) is 5.75 Å². The Morgan fingerprint density at radius 2 is 2.28 bits per heavy atom. The molecule has 1 aromatic rings. The Hall–Kier alpha value is -0.770. The molecule has 1 aliphatic heterocycles. The Morgan fingerprint density at radius 1 is 1.50 bits per heavy atom. The lowest BCUT2D eigenvalue weighted by Gasteiger charge is -2.32. The smallest absolute Gasteiger partial charge is 0.138 e. The van der Waals surface area contributed by atoms with Crippen molar-refractivity contribution in [2.75, 3.05) is 19.8 Å². The molecule has 0 amide bonds. The molecule has 100 valence electrons. The van der Waals surface area contributed by atoms with Gasteiger partial charge in [-0.3, -0.25) is 0 Å². The number of ether oxygens (including phenoxy) is 2. The summed E-state index contributed by atoms with van der Waals surface area (Å²) in [6.45, 7) is 8.39. The minimum absolute atomic E-state index is 0.159. The molecule has 2 unspecified atom stereocenters. The van der Waals surface area contributed by atoms with Crippen LogP contribution in [0.1, 0.15) is 31.0 Å². The Labute approximate surface area is 113 Å². The molecule has 2 atom stereocenters. The summed E-state index contributed by atoms with van der Waals surface area (Å²) in [6, 6.07) is 4.20. The van der Waals surface area contributed by atoms with Crippen molar-refractivity contribution >= 4 is 11.6 Å².